The molecule has 172 valence electrons. The first-order valence-electron chi connectivity index (χ1n) is 10.2. The quantitative estimate of drug-likeness (QED) is 0.345. The van der Waals surface area contributed by atoms with Crippen molar-refractivity contribution in [2.24, 2.45) is 11.0 Å². The zero-order valence-corrected chi connectivity index (χ0v) is 20.8. The van der Waals surface area contributed by atoms with Gasteiger partial charge in [-0.3, -0.25) is 9.59 Å². The third kappa shape index (κ3) is 6.97. The van der Waals surface area contributed by atoms with E-state index in [-0.39, 0.29) is 5.92 Å². The molecule has 2 rings (SSSR count). The summed E-state index contributed by atoms with van der Waals surface area (Å²) in [7, 11) is 1.55. The summed E-state index contributed by atoms with van der Waals surface area (Å²) in [5.41, 5.74) is 3.48. The van der Waals surface area contributed by atoms with E-state index in [0.29, 0.717) is 38.7 Å². The number of hydrogen-bond acceptors (Lipinski definition) is 5. The van der Waals surface area contributed by atoms with Crippen LogP contribution in [0.5, 0.6) is 11.5 Å². The normalized spacial score (nSPS) is 12.0. The lowest BCUT2D eigenvalue weighted by Crippen LogP contribution is -2.48. The minimum atomic E-state index is -0.790. The van der Waals surface area contributed by atoms with Gasteiger partial charge >= 0.3 is 0 Å². The van der Waals surface area contributed by atoms with Gasteiger partial charge in [0.2, 0.25) is 0 Å². The molecule has 0 fully saturated rings. The summed E-state index contributed by atoms with van der Waals surface area (Å²) < 4.78 is 11.8. The van der Waals surface area contributed by atoms with Gasteiger partial charge in [0.1, 0.15) is 6.04 Å². The van der Waals surface area contributed by atoms with Crippen LogP contribution in [-0.2, 0) is 4.79 Å². The van der Waals surface area contributed by atoms with Gasteiger partial charge in [-0.1, -0.05) is 44.5 Å². The molecular weight excluding hydrogens is 498 g/mol. The predicted molar refractivity (Wildman–Crippen MR) is 130 cm³/mol. The van der Waals surface area contributed by atoms with Gasteiger partial charge in [0, 0.05) is 0 Å². The van der Waals surface area contributed by atoms with Crippen LogP contribution in [0.2, 0.25) is 5.02 Å². The number of amides is 2. The van der Waals surface area contributed by atoms with Crippen LogP contribution < -0.4 is 20.2 Å². The van der Waals surface area contributed by atoms with Crippen molar-refractivity contribution in [3.63, 3.8) is 0 Å². The monoisotopic (exact) mass is 523 g/mol. The molecule has 2 aromatic carbocycles. The van der Waals surface area contributed by atoms with Crippen molar-refractivity contribution >= 4 is 45.6 Å². The summed E-state index contributed by atoms with van der Waals surface area (Å²) in [4.78, 5) is 25.2. The number of benzene rings is 2. The molecule has 1 unspecified atom stereocenters. The minimum Gasteiger partial charge on any atom is -0.493 e. The highest BCUT2D eigenvalue weighted by atomic mass is 79.9. The van der Waals surface area contributed by atoms with Gasteiger partial charge in [0.25, 0.3) is 11.8 Å². The lowest BCUT2D eigenvalue weighted by Gasteiger charge is -2.20. The van der Waals surface area contributed by atoms with Gasteiger partial charge in [-0.05, 0) is 58.1 Å². The zero-order chi connectivity index (χ0) is 23.7. The van der Waals surface area contributed by atoms with Crippen molar-refractivity contribution in [1.82, 2.24) is 10.7 Å². The number of halogens is 2. The maximum Gasteiger partial charge on any atom is 0.262 e. The summed E-state index contributed by atoms with van der Waals surface area (Å²) >= 11 is 9.56. The molecule has 0 radical (unpaired) electrons. The molecule has 0 saturated carbocycles. The average molecular weight is 525 g/mol. The first-order chi connectivity index (χ1) is 15.3. The summed E-state index contributed by atoms with van der Waals surface area (Å²) in [6.07, 6.45) is 2.36. The lowest BCUT2D eigenvalue weighted by molar-refractivity contribution is -0.123. The second-order valence-electron chi connectivity index (χ2n) is 7.29. The number of rotatable bonds is 10. The van der Waals surface area contributed by atoms with Gasteiger partial charge in [0.15, 0.2) is 11.5 Å². The lowest BCUT2D eigenvalue weighted by atomic mass is 10.0. The predicted octanol–water partition coefficient (Wildman–Crippen LogP) is 4.80. The van der Waals surface area contributed by atoms with E-state index in [4.69, 9.17) is 21.1 Å². The standard InChI is InChI=1S/C23H27BrClN3O4/c1-5-10-32-21-17(24)11-15(12-19(21)31-4)13-26-28-23(30)20(14(2)3)27-22(29)16-8-6-7-9-18(16)25/h6-9,11-14,20H,5,10H2,1-4H3,(H,27,29)(H,28,30)/b26-13-. The molecule has 0 aliphatic heterocycles. The van der Waals surface area contributed by atoms with E-state index in [0.717, 1.165) is 6.42 Å². The molecule has 32 heavy (non-hydrogen) atoms. The fraction of sp³-hybridized carbons (Fsp3) is 0.348. The van der Waals surface area contributed by atoms with E-state index in [1.165, 1.54) is 6.21 Å². The van der Waals surface area contributed by atoms with Gasteiger partial charge in [0.05, 0.1) is 35.0 Å². The highest BCUT2D eigenvalue weighted by Gasteiger charge is 2.25. The average Bonchev–Trinajstić information content (AvgIpc) is 2.76. The molecule has 0 aromatic heterocycles. The molecule has 0 spiro atoms. The maximum absolute atomic E-state index is 12.7. The molecule has 2 N–H and O–H groups in total. The third-order valence-electron chi connectivity index (χ3n) is 4.44. The van der Waals surface area contributed by atoms with Crippen molar-refractivity contribution in [2.45, 2.75) is 33.2 Å². The van der Waals surface area contributed by atoms with E-state index >= 15 is 0 Å². The SMILES string of the molecule is CCCOc1c(Br)cc(/C=N\NC(=O)C(NC(=O)c2ccccc2Cl)C(C)C)cc1OC. The summed E-state index contributed by atoms with van der Waals surface area (Å²) in [5.74, 6) is 0.126. The molecule has 0 aliphatic carbocycles. The first-order valence-corrected chi connectivity index (χ1v) is 11.3. The van der Waals surface area contributed by atoms with Crippen molar-refractivity contribution in [2.75, 3.05) is 13.7 Å². The summed E-state index contributed by atoms with van der Waals surface area (Å²) in [6.45, 7) is 6.25. The van der Waals surface area contributed by atoms with Gasteiger partial charge in [-0.2, -0.15) is 5.10 Å². The first kappa shape index (κ1) is 25.7. The Balaban J connectivity index is 2.09. The third-order valence-corrected chi connectivity index (χ3v) is 5.36. The topological polar surface area (TPSA) is 89.0 Å². The fourth-order valence-electron chi connectivity index (χ4n) is 2.80. The Morgan fingerprint density at radius 1 is 1.25 bits per heavy atom. The Morgan fingerprint density at radius 3 is 2.59 bits per heavy atom. The molecule has 0 aliphatic rings. The number of hydrazone groups is 1. The summed E-state index contributed by atoms with van der Waals surface area (Å²) in [5, 5.41) is 7.07. The number of nitrogens with one attached hydrogen (secondary N) is 2. The Kier molecular flexibility index (Phi) is 9.99. The highest BCUT2D eigenvalue weighted by molar-refractivity contribution is 9.10. The Morgan fingerprint density at radius 2 is 1.97 bits per heavy atom. The smallest absolute Gasteiger partial charge is 0.262 e. The second-order valence-corrected chi connectivity index (χ2v) is 8.55. The van der Waals surface area contributed by atoms with Crippen LogP contribution in [0, 0.1) is 5.92 Å². The molecule has 1 atom stereocenters. The van der Waals surface area contributed by atoms with E-state index in [1.54, 1.807) is 37.4 Å². The Hall–Kier alpha value is -2.58. The molecule has 2 amide bonds. The molecule has 0 bridgehead atoms. The van der Waals surface area contributed by atoms with Crippen molar-refractivity contribution in [3.8, 4) is 11.5 Å². The molecule has 7 nitrogen and oxygen atoms in total. The Labute approximate surface area is 201 Å². The molecule has 2 aromatic rings. The number of ether oxygens (including phenoxy) is 2. The number of carbonyl (C=O) groups excluding carboxylic acids is 2. The van der Waals surface area contributed by atoms with Gasteiger partial charge < -0.3 is 14.8 Å². The number of hydrogen-bond donors (Lipinski definition) is 2. The van der Waals surface area contributed by atoms with Gasteiger partial charge in [-0.25, -0.2) is 5.43 Å². The van der Waals surface area contributed by atoms with Crippen molar-refractivity contribution < 1.29 is 19.1 Å². The van der Waals surface area contributed by atoms with Crippen LogP contribution >= 0.6 is 27.5 Å². The Bertz CT molecular complexity index is 982. The zero-order valence-electron chi connectivity index (χ0n) is 18.4. The van der Waals surface area contributed by atoms with Gasteiger partial charge in [-0.15, -0.1) is 0 Å². The van der Waals surface area contributed by atoms with Crippen LogP contribution in [0.15, 0.2) is 46.0 Å². The second kappa shape index (κ2) is 12.5. The van der Waals surface area contributed by atoms with Crippen molar-refractivity contribution in [1.29, 1.82) is 0 Å². The number of carbonyl (C=O) groups is 2. The highest BCUT2D eigenvalue weighted by Crippen LogP contribution is 2.36. The van der Waals surface area contributed by atoms with Crippen LogP contribution in [0.25, 0.3) is 0 Å². The van der Waals surface area contributed by atoms with Crippen LogP contribution in [-0.4, -0.2) is 37.8 Å². The van der Waals surface area contributed by atoms with E-state index in [1.807, 2.05) is 26.8 Å². The number of nitrogens with zero attached hydrogens (tertiary/aromatic N) is 1. The van der Waals surface area contributed by atoms with Crippen LogP contribution in [0.1, 0.15) is 43.1 Å². The maximum atomic E-state index is 12.7. The summed E-state index contributed by atoms with van der Waals surface area (Å²) in [6, 6.07) is 9.44. The van der Waals surface area contributed by atoms with E-state index < -0.39 is 17.9 Å². The minimum absolute atomic E-state index is 0.166. The van der Waals surface area contributed by atoms with E-state index in [2.05, 4.69) is 31.8 Å². The van der Waals surface area contributed by atoms with Crippen LogP contribution in [0.3, 0.4) is 0 Å². The van der Waals surface area contributed by atoms with Crippen LogP contribution in [0.4, 0.5) is 0 Å². The largest absolute Gasteiger partial charge is 0.493 e. The van der Waals surface area contributed by atoms with Crippen molar-refractivity contribution in [3.05, 3.63) is 57.0 Å². The van der Waals surface area contributed by atoms with E-state index in [9.17, 15) is 9.59 Å². The molecule has 0 heterocycles. The molecule has 9 heteroatoms. The fourth-order valence-corrected chi connectivity index (χ4v) is 3.59. The molecular formula is C23H27BrClN3O4. The number of methoxy groups -OCH3 is 1. The molecule has 0 saturated heterocycles.